The molecule has 1 aliphatic heterocycles. The van der Waals surface area contributed by atoms with Crippen LogP contribution in [0.3, 0.4) is 0 Å². The minimum absolute atomic E-state index is 0.241. The van der Waals surface area contributed by atoms with E-state index in [-0.39, 0.29) is 5.69 Å². The number of carboxylic acids is 1. The molecule has 0 atom stereocenters. The van der Waals surface area contributed by atoms with Crippen molar-refractivity contribution in [2.75, 3.05) is 0 Å². The van der Waals surface area contributed by atoms with E-state index in [1.807, 2.05) is 23.0 Å². The third kappa shape index (κ3) is 2.35. The van der Waals surface area contributed by atoms with Gasteiger partial charge in [0.2, 0.25) is 11.5 Å². The van der Waals surface area contributed by atoms with Crippen molar-refractivity contribution < 1.29 is 19.8 Å². The van der Waals surface area contributed by atoms with Crippen molar-refractivity contribution in [2.24, 2.45) is 0 Å². The monoisotopic (exact) mass is 266 g/mol. The molecule has 18 heavy (non-hydrogen) atoms. The second-order valence-corrected chi connectivity index (χ2v) is 5.10. The van der Waals surface area contributed by atoms with Gasteiger partial charge in [-0.2, -0.15) is 5.10 Å². The highest BCUT2D eigenvalue weighted by molar-refractivity contribution is 8.21. The fourth-order valence-corrected chi connectivity index (χ4v) is 2.87. The summed E-state index contributed by atoms with van der Waals surface area (Å²) >= 11 is -0.831. The van der Waals surface area contributed by atoms with Crippen LogP contribution in [0.4, 0.5) is 0 Å². The first-order valence-corrected chi connectivity index (χ1v) is 6.39. The SMILES string of the molecule is O=C(O)C(O)=CC(=O)c1ccnn1[SH]1C=CC=C1. The molecule has 2 N–H and O–H groups in total. The van der Waals surface area contributed by atoms with Crippen LogP contribution in [0, 0.1) is 0 Å². The Hall–Kier alpha value is -2.28. The molecule has 0 saturated heterocycles. The minimum Gasteiger partial charge on any atom is -0.502 e. The van der Waals surface area contributed by atoms with E-state index in [1.54, 1.807) is 0 Å². The van der Waals surface area contributed by atoms with Gasteiger partial charge < -0.3 is 10.2 Å². The van der Waals surface area contributed by atoms with Crippen LogP contribution in [0.25, 0.3) is 0 Å². The summed E-state index contributed by atoms with van der Waals surface area (Å²) in [5.74, 6) is -3.12. The normalized spacial score (nSPS) is 16.2. The highest BCUT2D eigenvalue weighted by Crippen LogP contribution is 2.35. The van der Waals surface area contributed by atoms with Gasteiger partial charge in [-0.3, -0.25) is 4.79 Å². The summed E-state index contributed by atoms with van der Waals surface area (Å²) in [6.45, 7) is 0. The molecule has 2 rings (SSSR count). The number of hydrogen-bond donors (Lipinski definition) is 3. The molecule has 2 heterocycles. The Kier molecular flexibility index (Phi) is 3.33. The summed E-state index contributed by atoms with van der Waals surface area (Å²) in [4.78, 5) is 22.2. The average Bonchev–Trinajstić information content (AvgIpc) is 2.99. The fraction of sp³-hybridized carbons (Fsp3) is 0. The molecule has 1 aliphatic rings. The predicted octanol–water partition coefficient (Wildman–Crippen LogP) is 1.40. The van der Waals surface area contributed by atoms with Crippen LogP contribution >= 0.6 is 11.1 Å². The number of aliphatic carboxylic acids is 1. The van der Waals surface area contributed by atoms with Crippen LogP contribution < -0.4 is 0 Å². The van der Waals surface area contributed by atoms with Gasteiger partial charge in [-0.1, -0.05) is 12.2 Å². The summed E-state index contributed by atoms with van der Waals surface area (Å²) in [7, 11) is 0. The Balaban J connectivity index is 2.29. The first kappa shape index (κ1) is 12.2. The Morgan fingerprint density at radius 3 is 2.56 bits per heavy atom. The van der Waals surface area contributed by atoms with Gasteiger partial charge in [0.1, 0.15) is 5.69 Å². The summed E-state index contributed by atoms with van der Waals surface area (Å²) in [6.07, 6.45) is 5.84. The third-order valence-corrected chi connectivity index (χ3v) is 3.88. The van der Waals surface area contributed by atoms with Gasteiger partial charge in [-0.15, -0.1) is 11.1 Å². The molecule has 1 aromatic rings. The van der Waals surface area contributed by atoms with Crippen LogP contribution in [-0.2, 0) is 4.79 Å². The van der Waals surface area contributed by atoms with Crippen LogP contribution in [0.1, 0.15) is 10.5 Å². The Morgan fingerprint density at radius 2 is 1.94 bits per heavy atom. The van der Waals surface area contributed by atoms with Gasteiger partial charge >= 0.3 is 5.97 Å². The molecular formula is C11H10N2O4S. The zero-order valence-corrected chi connectivity index (χ0v) is 9.99. The standard InChI is InChI=1S/C11H10N2O4S/c14-9(7-10(15)11(16)17)8-3-4-12-13(8)18-5-1-2-6-18/h1-7,15,18H,(H,16,17). The quantitative estimate of drug-likeness (QED) is 0.331. The first-order chi connectivity index (χ1) is 8.59. The van der Waals surface area contributed by atoms with Gasteiger partial charge in [0.15, 0.2) is 0 Å². The lowest BCUT2D eigenvalue weighted by atomic mass is 10.2. The number of carbonyl (C=O) groups excluding carboxylic acids is 1. The predicted molar refractivity (Wildman–Crippen MR) is 67.6 cm³/mol. The number of carboxylic acid groups (broad SMARTS) is 1. The number of aromatic nitrogens is 2. The van der Waals surface area contributed by atoms with Gasteiger partial charge in [-0.25, -0.2) is 8.88 Å². The van der Waals surface area contributed by atoms with Crippen molar-refractivity contribution in [3.8, 4) is 0 Å². The Bertz CT molecular complexity index is 574. The van der Waals surface area contributed by atoms with E-state index in [4.69, 9.17) is 10.2 Å². The molecule has 94 valence electrons. The van der Waals surface area contributed by atoms with Gasteiger partial charge in [0.25, 0.3) is 0 Å². The van der Waals surface area contributed by atoms with Crippen LogP contribution in [-0.4, -0.2) is 31.2 Å². The zero-order valence-electron chi connectivity index (χ0n) is 9.09. The van der Waals surface area contributed by atoms with Gasteiger partial charge in [0.05, 0.1) is 6.20 Å². The van der Waals surface area contributed by atoms with E-state index in [9.17, 15) is 9.59 Å². The number of nitrogens with zero attached hydrogens (tertiary/aromatic N) is 2. The number of carbonyl (C=O) groups is 2. The van der Waals surface area contributed by atoms with E-state index in [2.05, 4.69) is 5.10 Å². The van der Waals surface area contributed by atoms with E-state index in [0.29, 0.717) is 6.08 Å². The molecule has 7 heteroatoms. The summed E-state index contributed by atoms with van der Waals surface area (Å²) in [5.41, 5.74) is 0.241. The second-order valence-electron chi connectivity index (χ2n) is 3.37. The Morgan fingerprint density at radius 1 is 1.28 bits per heavy atom. The maximum absolute atomic E-state index is 11.8. The second kappa shape index (κ2) is 4.92. The number of rotatable bonds is 4. The van der Waals surface area contributed by atoms with Gasteiger partial charge in [0, 0.05) is 6.08 Å². The molecule has 0 fully saturated rings. The van der Waals surface area contributed by atoms with Gasteiger partial charge in [-0.05, 0) is 16.9 Å². The number of ketones is 1. The molecule has 1 aromatic heterocycles. The topological polar surface area (TPSA) is 92.4 Å². The number of thiol groups is 1. The Labute approximate surface area is 105 Å². The molecule has 0 spiro atoms. The molecule has 0 radical (unpaired) electrons. The van der Waals surface area contributed by atoms with Crippen molar-refractivity contribution >= 4 is 22.8 Å². The van der Waals surface area contributed by atoms with Crippen LogP contribution in [0.15, 0.2) is 47.1 Å². The fourth-order valence-electron chi connectivity index (χ4n) is 1.37. The molecule has 0 aromatic carbocycles. The summed E-state index contributed by atoms with van der Waals surface area (Å²) < 4.78 is 1.52. The van der Waals surface area contributed by atoms with Crippen molar-refractivity contribution in [1.82, 2.24) is 9.19 Å². The van der Waals surface area contributed by atoms with Crippen molar-refractivity contribution in [1.29, 1.82) is 0 Å². The van der Waals surface area contributed by atoms with Crippen LogP contribution in [0.2, 0.25) is 0 Å². The molecule has 0 unspecified atom stereocenters. The van der Waals surface area contributed by atoms with E-state index < -0.39 is 28.6 Å². The van der Waals surface area contributed by atoms with E-state index in [0.717, 1.165) is 0 Å². The highest BCUT2D eigenvalue weighted by atomic mass is 32.2. The number of hydrogen-bond acceptors (Lipinski definition) is 4. The average molecular weight is 266 g/mol. The molecule has 0 bridgehead atoms. The smallest absolute Gasteiger partial charge is 0.371 e. The summed E-state index contributed by atoms with van der Waals surface area (Å²) in [6, 6.07) is 1.48. The lowest BCUT2D eigenvalue weighted by Crippen LogP contribution is -2.08. The largest absolute Gasteiger partial charge is 0.502 e. The van der Waals surface area contributed by atoms with Crippen LogP contribution in [0.5, 0.6) is 0 Å². The molecule has 0 aliphatic carbocycles. The highest BCUT2D eigenvalue weighted by Gasteiger charge is 2.16. The first-order valence-electron chi connectivity index (χ1n) is 4.95. The number of allylic oxidation sites excluding steroid dienone is 3. The molecular weight excluding hydrogens is 256 g/mol. The van der Waals surface area contributed by atoms with E-state index >= 15 is 0 Å². The maximum Gasteiger partial charge on any atom is 0.371 e. The number of aliphatic hydroxyl groups is 1. The summed E-state index contributed by atoms with van der Waals surface area (Å²) in [5, 5.41) is 25.4. The third-order valence-electron chi connectivity index (χ3n) is 2.17. The molecule has 0 saturated carbocycles. The zero-order chi connectivity index (χ0) is 13.1. The maximum atomic E-state index is 11.8. The lowest BCUT2D eigenvalue weighted by molar-refractivity contribution is -0.135. The minimum atomic E-state index is -1.54. The van der Waals surface area contributed by atoms with Crippen molar-refractivity contribution in [3.63, 3.8) is 0 Å². The lowest BCUT2D eigenvalue weighted by Gasteiger charge is -2.12. The van der Waals surface area contributed by atoms with Crippen molar-refractivity contribution in [2.45, 2.75) is 0 Å². The van der Waals surface area contributed by atoms with Crippen molar-refractivity contribution in [3.05, 3.63) is 52.8 Å². The number of aliphatic hydroxyl groups excluding tert-OH is 1. The molecule has 0 amide bonds. The molecule has 6 nitrogen and oxygen atoms in total. The van der Waals surface area contributed by atoms with E-state index in [1.165, 1.54) is 16.4 Å².